The first kappa shape index (κ1) is 31.5. The quantitative estimate of drug-likeness (QED) is 0.186. The summed E-state index contributed by atoms with van der Waals surface area (Å²) in [7, 11) is 0. The minimum Gasteiger partial charge on any atom is -0.325 e. The van der Waals surface area contributed by atoms with Crippen LogP contribution in [0, 0.1) is 12.8 Å². The highest BCUT2D eigenvalue weighted by Crippen LogP contribution is 2.28. The Morgan fingerprint density at radius 3 is 2.18 bits per heavy atom. The summed E-state index contributed by atoms with van der Waals surface area (Å²) in [6.45, 7) is 11.2. The van der Waals surface area contributed by atoms with Crippen molar-refractivity contribution in [2.75, 3.05) is 29.0 Å². The number of carbonyl (C=O) groups excluding carboxylic acids is 3. The molecule has 1 aliphatic rings. The lowest BCUT2D eigenvalue weighted by Gasteiger charge is -2.32. The summed E-state index contributed by atoms with van der Waals surface area (Å²) in [6.07, 6.45) is 2.53. The third-order valence-corrected chi connectivity index (χ3v) is 8.22. The van der Waals surface area contributed by atoms with E-state index in [9.17, 15) is 14.4 Å². The van der Waals surface area contributed by atoms with Crippen LogP contribution in [0.15, 0.2) is 78.9 Å². The average molecular weight is 607 g/mol. The molecule has 4 aromatic rings. The topological polar surface area (TPSA) is 108 Å². The van der Waals surface area contributed by atoms with Crippen molar-refractivity contribution in [2.24, 2.45) is 5.92 Å². The van der Waals surface area contributed by atoms with E-state index in [0.717, 1.165) is 47.5 Å². The average Bonchev–Trinajstić information content (AvgIpc) is 3.43. The third kappa shape index (κ3) is 7.98. The number of benzene rings is 3. The molecule has 0 aliphatic carbocycles. The Labute approximate surface area is 265 Å². The fourth-order valence-electron chi connectivity index (χ4n) is 5.45. The normalized spacial score (nSPS) is 13.8. The lowest BCUT2D eigenvalue weighted by atomic mass is 9.89. The lowest BCUT2D eigenvalue weighted by molar-refractivity contribution is 0.101. The van der Waals surface area contributed by atoms with Crippen molar-refractivity contribution in [3.8, 4) is 5.69 Å². The molecular formula is C36H42N6O3. The first-order valence-electron chi connectivity index (χ1n) is 15.5. The van der Waals surface area contributed by atoms with Crippen LogP contribution in [0.25, 0.3) is 5.69 Å². The fraction of sp³-hybridized carbons (Fsp3) is 0.333. The van der Waals surface area contributed by atoms with E-state index < -0.39 is 0 Å². The van der Waals surface area contributed by atoms with Gasteiger partial charge in [0.1, 0.15) is 5.82 Å². The molecular weight excluding hydrogens is 564 g/mol. The van der Waals surface area contributed by atoms with E-state index in [1.54, 1.807) is 28.9 Å². The van der Waals surface area contributed by atoms with Gasteiger partial charge in [0.05, 0.1) is 11.4 Å². The Bertz CT molecular complexity index is 1660. The van der Waals surface area contributed by atoms with Gasteiger partial charge in [-0.1, -0.05) is 56.7 Å². The Kier molecular flexibility index (Phi) is 9.37. The second kappa shape index (κ2) is 13.4. The zero-order chi connectivity index (χ0) is 32.1. The van der Waals surface area contributed by atoms with Gasteiger partial charge in [0.25, 0.3) is 0 Å². The summed E-state index contributed by atoms with van der Waals surface area (Å²) in [6, 6.07) is 24.3. The van der Waals surface area contributed by atoms with Crippen LogP contribution in [0.3, 0.4) is 0 Å². The van der Waals surface area contributed by atoms with Crippen LogP contribution in [-0.4, -0.2) is 45.6 Å². The van der Waals surface area contributed by atoms with E-state index in [4.69, 9.17) is 5.10 Å². The number of carbonyl (C=O) groups is 3. The van der Waals surface area contributed by atoms with Crippen LogP contribution in [0.2, 0.25) is 0 Å². The predicted octanol–water partition coefficient (Wildman–Crippen LogP) is 7.81. The van der Waals surface area contributed by atoms with E-state index in [2.05, 4.69) is 36.7 Å². The van der Waals surface area contributed by atoms with Crippen molar-refractivity contribution in [3.05, 3.63) is 101 Å². The van der Waals surface area contributed by atoms with Crippen LogP contribution in [-0.2, 0) is 11.8 Å². The van der Waals surface area contributed by atoms with E-state index in [-0.39, 0.29) is 23.3 Å². The summed E-state index contributed by atoms with van der Waals surface area (Å²) in [4.78, 5) is 39.5. The van der Waals surface area contributed by atoms with Gasteiger partial charge in [-0.05, 0) is 87.1 Å². The molecule has 1 fully saturated rings. The Balaban J connectivity index is 1.20. The zero-order valence-electron chi connectivity index (χ0n) is 26.7. The number of para-hydroxylation sites is 1. The number of urea groups is 2. The highest BCUT2D eigenvalue weighted by atomic mass is 16.2. The van der Waals surface area contributed by atoms with Gasteiger partial charge in [-0.3, -0.25) is 10.1 Å². The highest BCUT2D eigenvalue weighted by molar-refractivity contribution is 6.00. The second-order valence-electron chi connectivity index (χ2n) is 12.8. The summed E-state index contributed by atoms with van der Waals surface area (Å²) in [5.41, 5.74) is 5.82. The van der Waals surface area contributed by atoms with E-state index in [1.807, 2.05) is 66.4 Å². The first-order valence-corrected chi connectivity index (χ1v) is 15.5. The molecule has 9 nitrogen and oxygen atoms in total. The van der Waals surface area contributed by atoms with Gasteiger partial charge in [-0.25, -0.2) is 14.3 Å². The molecule has 3 aromatic carbocycles. The number of likely N-dealkylation sites (tertiary alicyclic amines) is 1. The second-order valence-corrected chi connectivity index (χ2v) is 12.8. The molecule has 9 heteroatoms. The largest absolute Gasteiger partial charge is 0.325 e. The molecule has 0 atom stereocenters. The van der Waals surface area contributed by atoms with Crippen molar-refractivity contribution in [1.82, 2.24) is 14.7 Å². The molecule has 0 spiro atoms. The first-order chi connectivity index (χ1) is 21.5. The van der Waals surface area contributed by atoms with Crippen LogP contribution in [0.1, 0.15) is 67.7 Å². The number of Topliss-reactive ketones (excluding diaryl/α,β-unsaturated/α-hetero) is 1. The number of nitrogens with zero attached hydrogens (tertiary/aromatic N) is 3. The molecule has 0 saturated carbocycles. The number of hydrogen-bond donors (Lipinski definition) is 3. The molecule has 1 saturated heterocycles. The highest BCUT2D eigenvalue weighted by Gasteiger charge is 2.25. The van der Waals surface area contributed by atoms with Gasteiger partial charge in [-0.15, -0.1) is 0 Å². The number of nitrogens with one attached hydrogen (secondary N) is 3. The Hall–Kier alpha value is -4.92. The molecule has 234 valence electrons. The maximum atomic E-state index is 13.3. The number of anilines is 3. The number of piperidine rings is 1. The smallest absolute Gasteiger partial charge is 0.324 e. The number of aryl methyl sites for hydroxylation is 1. The summed E-state index contributed by atoms with van der Waals surface area (Å²) >= 11 is 0. The van der Waals surface area contributed by atoms with Crippen molar-refractivity contribution in [3.63, 3.8) is 0 Å². The van der Waals surface area contributed by atoms with E-state index >= 15 is 0 Å². The van der Waals surface area contributed by atoms with Crippen LogP contribution < -0.4 is 16.0 Å². The molecule has 45 heavy (non-hydrogen) atoms. The van der Waals surface area contributed by atoms with Crippen LogP contribution in [0.5, 0.6) is 0 Å². The molecule has 2 heterocycles. The molecule has 1 aliphatic heterocycles. The summed E-state index contributed by atoms with van der Waals surface area (Å²) in [5.74, 6) is 0.971. The molecule has 5 rings (SSSR count). The lowest BCUT2D eigenvalue weighted by Crippen LogP contribution is -2.41. The number of aromatic nitrogens is 2. The molecule has 1 aromatic heterocycles. The number of hydrogen-bond acceptors (Lipinski definition) is 4. The van der Waals surface area contributed by atoms with Crippen molar-refractivity contribution >= 4 is 35.0 Å². The van der Waals surface area contributed by atoms with Gasteiger partial charge in [-0.2, -0.15) is 5.10 Å². The Morgan fingerprint density at radius 2 is 1.53 bits per heavy atom. The number of rotatable bonds is 7. The zero-order valence-corrected chi connectivity index (χ0v) is 26.7. The summed E-state index contributed by atoms with van der Waals surface area (Å²) < 4.78 is 1.77. The molecule has 0 bridgehead atoms. The van der Waals surface area contributed by atoms with Gasteiger partial charge in [0.15, 0.2) is 5.78 Å². The molecule has 3 N–H and O–H groups in total. The maximum Gasteiger partial charge on any atom is 0.324 e. The Morgan fingerprint density at radius 1 is 0.867 bits per heavy atom. The molecule has 0 radical (unpaired) electrons. The minimum absolute atomic E-state index is 0.00685. The van der Waals surface area contributed by atoms with Crippen molar-refractivity contribution in [1.29, 1.82) is 0 Å². The van der Waals surface area contributed by atoms with Crippen LogP contribution >= 0.6 is 0 Å². The monoisotopic (exact) mass is 606 g/mol. The maximum absolute atomic E-state index is 13.3. The van der Waals surface area contributed by atoms with Crippen molar-refractivity contribution in [2.45, 2.75) is 59.3 Å². The minimum atomic E-state index is -0.334. The standard InChI is InChI=1S/C36H42N6O3/c1-24-10-16-30(17-11-24)42-33(23-32(40-42)36(3,4)5)39-34(44)38-31-9-7-6-8-28(31)22-26-18-20-41(21-19-26)35(45)37-29-14-12-27(13-15-29)25(2)43/h6-17,23,26H,18-22H2,1-5H3,(H,37,45)(H2,38,39,44). The van der Waals surface area contributed by atoms with Gasteiger partial charge in [0, 0.05) is 41.5 Å². The van der Waals surface area contributed by atoms with Gasteiger partial charge in [0.2, 0.25) is 0 Å². The van der Waals surface area contributed by atoms with Gasteiger partial charge < -0.3 is 15.5 Å². The number of amides is 4. The SMILES string of the molecule is CC(=O)c1ccc(NC(=O)N2CCC(Cc3ccccc3NC(=O)Nc3cc(C(C)(C)C)nn3-c3ccc(C)cc3)CC2)cc1. The van der Waals surface area contributed by atoms with Gasteiger partial charge >= 0.3 is 12.1 Å². The van der Waals surface area contributed by atoms with E-state index in [0.29, 0.717) is 36.1 Å². The molecule has 0 unspecified atom stereocenters. The van der Waals surface area contributed by atoms with E-state index in [1.165, 1.54) is 6.92 Å². The fourth-order valence-corrected chi connectivity index (χ4v) is 5.45. The molecule has 4 amide bonds. The number of ketones is 1. The predicted molar refractivity (Wildman–Crippen MR) is 180 cm³/mol. The van der Waals surface area contributed by atoms with Crippen LogP contribution in [0.4, 0.5) is 26.8 Å². The van der Waals surface area contributed by atoms with Crippen molar-refractivity contribution < 1.29 is 14.4 Å². The third-order valence-electron chi connectivity index (χ3n) is 8.22. The summed E-state index contributed by atoms with van der Waals surface area (Å²) in [5, 5.41) is 13.8.